The second-order valence-electron chi connectivity index (χ2n) is 5.02. The van der Waals surface area contributed by atoms with E-state index in [-0.39, 0.29) is 36.5 Å². The van der Waals surface area contributed by atoms with Crippen LogP contribution in [0.25, 0.3) is 0 Å². The minimum Gasteiger partial charge on any atom is -0.465 e. The van der Waals surface area contributed by atoms with Crippen LogP contribution < -0.4 is 0 Å². The van der Waals surface area contributed by atoms with Gasteiger partial charge in [-0.1, -0.05) is 20.8 Å². The van der Waals surface area contributed by atoms with Crippen molar-refractivity contribution in [1.29, 1.82) is 0 Å². The fourth-order valence-corrected chi connectivity index (χ4v) is 0.689. The molecule has 0 aliphatic heterocycles. The molecule has 0 aromatic carbocycles. The highest BCUT2D eigenvalue weighted by Crippen LogP contribution is 2.12. The highest BCUT2D eigenvalue weighted by Gasteiger charge is 2.10. The maximum atomic E-state index is 10.3. The van der Waals surface area contributed by atoms with Crippen LogP contribution in [0, 0.1) is 5.41 Å². The molecule has 0 fully saturated rings. The van der Waals surface area contributed by atoms with Gasteiger partial charge in [-0.25, -0.2) is 0 Å². The molecule has 0 aliphatic rings. The van der Waals surface area contributed by atoms with E-state index in [1.54, 1.807) is 0 Å². The monoisotopic (exact) mass is 276 g/mol. The Balaban J connectivity index is 0. The van der Waals surface area contributed by atoms with Gasteiger partial charge in [0.1, 0.15) is 13.2 Å². The molecule has 0 aliphatic carbocycles. The molecular weight excluding hydrogens is 252 g/mol. The first-order valence-corrected chi connectivity index (χ1v) is 5.94. The molecule has 6 nitrogen and oxygen atoms in total. The van der Waals surface area contributed by atoms with Crippen LogP contribution in [-0.4, -0.2) is 37.7 Å². The maximum Gasteiger partial charge on any atom is 0.302 e. The fourth-order valence-electron chi connectivity index (χ4n) is 0.689. The van der Waals surface area contributed by atoms with Gasteiger partial charge >= 0.3 is 17.9 Å². The third-order valence-corrected chi connectivity index (χ3v) is 1.40. The van der Waals surface area contributed by atoms with Gasteiger partial charge in [0.2, 0.25) is 0 Å². The Morgan fingerprint density at radius 3 is 1.21 bits per heavy atom. The summed E-state index contributed by atoms with van der Waals surface area (Å²) >= 11 is 0. The van der Waals surface area contributed by atoms with Crippen molar-refractivity contribution >= 4 is 17.9 Å². The van der Waals surface area contributed by atoms with Gasteiger partial charge in [0.15, 0.2) is 0 Å². The SMILES string of the molecule is CC(=O)OCC(C)(C)C.CC(=O)OCCOC(C)=O. The molecule has 0 amide bonds. The summed E-state index contributed by atoms with van der Waals surface area (Å²) in [6.07, 6.45) is 0. The van der Waals surface area contributed by atoms with E-state index < -0.39 is 0 Å². The summed E-state index contributed by atoms with van der Waals surface area (Å²) in [5.41, 5.74) is 0.0890. The lowest BCUT2D eigenvalue weighted by atomic mass is 9.99. The average molecular weight is 276 g/mol. The van der Waals surface area contributed by atoms with Gasteiger partial charge in [-0.3, -0.25) is 14.4 Å². The van der Waals surface area contributed by atoms with Crippen molar-refractivity contribution in [2.24, 2.45) is 5.41 Å². The molecule has 19 heavy (non-hydrogen) atoms. The van der Waals surface area contributed by atoms with E-state index in [0.29, 0.717) is 6.61 Å². The first-order chi connectivity index (χ1) is 8.54. The van der Waals surface area contributed by atoms with Gasteiger partial charge in [0.25, 0.3) is 0 Å². The molecule has 0 atom stereocenters. The van der Waals surface area contributed by atoms with Crippen molar-refractivity contribution in [2.75, 3.05) is 19.8 Å². The van der Waals surface area contributed by atoms with Crippen molar-refractivity contribution < 1.29 is 28.6 Å². The topological polar surface area (TPSA) is 78.9 Å². The van der Waals surface area contributed by atoms with Crippen molar-refractivity contribution in [3.05, 3.63) is 0 Å². The third-order valence-electron chi connectivity index (χ3n) is 1.40. The van der Waals surface area contributed by atoms with Crippen LogP contribution in [0.5, 0.6) is 0 Å². The number of ether oxygens (including phenoxy) is 3. The lowest BCUT2D eigenvalue weighted by Crippen LogP contribution is -2.16. The summed E-state index contributed by atoms with van der Waals surface area (Å²) < 4.78 is 13.7. The standard InChI is InChI=1S/C7H14O2.C6H10O4/c1-6(8)9-5-7(2,3)4;1-5(7)9-3-4-10-6(2)8/h5H2,1-4H3;3-4H2,1-2H3. The van der Waals surface area contributed by atoms with E-state index >= 15 is 0 Å². The van der Waals surface area contributed by atoms with Crippen molar-refractivity contribution in [3.63, 3.8) is 0 Å². The predicted octanol–water partition coefficient (Wildman–Crippen LogP) is 1.71. The summed E-state index contributed by atoms with van der Waals surface area (Å²) in [6, 6.07) is 0. The smallest absolute Gasteiger partial charge is 0.302 e. The molecule has 112 valence electrons. The summed E-state index contributed by atoms with van der Waals surface area (Å²) in [5.74, 6) is -0.941. The highest BCUT2D eigenvalue weighted by atomic mass is 16.6. The first-order valence-electron chi connectivity index (χ1n) is 5.94. The van der Waals surface area contributed by atoms with E-state index in [2.05, 4.69) is 9.47 Å². The Morgan fingerprint density at radius 1 is 0.737 bits per heavy atom. The van der Waals surface area contributed by atoms with Gasteiger partial charge in [-0.2, -0.15) is 0 Å². The van der Waals surface area contributed by atoms with E-state index in [1.165, 1.54) is 20.8 Å². The first kappa shape index (κ1) is 19.7. The van der Waals surface area contributed by atoms with Crippen LogP contribution in [0.4, 0.5) is 0 Å². The molecule has 6 heteroatoms. The zero-order chi connectivity index (χ0) is 15.5. The van der Waals surface area contributed by atoms with Crippen LogP contribution in [0.1, 0.15) is 41.5 Å². The summed E-state index contributed by atoms with van der Waals surface area (Å²) in [5, 5.41) is 0. The normalized spacial score (nSPS) is 9.79. The molecule has 0 saturated carbocycles. The van der Waals surface area contributed by atoms with Crippen molar-refractivity contribution in [2.45, 2.75) is 41.5 Å². The quantitative estimate of drug-likeness (QED) is 0.442. The van der Waals surface area contributed by atoms with Gasteiger partial charge in [0, 0.05) is 20.8 Å². The lowest BCUT2D eigenvalue weighted by Gasteiger charge is -2.16. The minimum atomic E-state index is -0.368. The van der Waals surface area contributed by atoms with Crippen LogP contribution in [0.3, 0.4) is 0 Å². The predicted molar refractivity (Wildman–Crippen MR) is 69.4 cm³/mol. The largest absolute Gasteiger partial charge is 0.465 e. The molecule has 0 radical (unpaired) electrons. The molecule has 0 bridgehead atoms. The van der Waals surface area contributed by atoms with Gasteiger partial charge in [-0.05, 0) is 5.41 Å². The van der Waals surface area contributed by atoms with Gasteiger partial charge in [-0.15, -0.1) is 0 Å². The second kappa shape index (κ2) is 10.3. The highest BCUT2D eigenvalue weighted by molar-refractivity contribution is 5.66. The molecule has 0 heterocycles. The van der Waals surface area contributed by atoms with E-state index in [1.807, 2.05) is 20.8 Å². The van der Waals surface area contributed by atoms with Crippen LogP contribution in [0.2, 0.25) is 0 Å². The van der Waals surface area contributed by atoms with E-state index in [0.717, 1.165) is 0 Å². The number of hydrogen-bond acceptors (Lipinski definition) is 6. The average Bonchev–Trinajstić information content (AvgIpc) is 2.21. The zero-order valence-electron chi connectivity index (χ0n) is 12.6. The molecule has 0 spiro atoms. The molecule has 0 unspecified atom stereocenters. The number of rotatable bonds is 4. The summed E-state index contributed by atoms with van der Waals surface area (Å²) in [4.78, 5) is 30.5. The number of carbonyl (C=O) groups is 3. The second-order valence-corrected chi connectivity index (χ2v) is 5.02. The van der Waals surface area contributed by atoms with Gasteiger partial charge < -0.3 is 14.2 Å². The summed E-state index contributed by atoms with van der Waals surface area (Å²) in [6.45, 7) is 10.9. The van der Waals surface area contributed by atoms with Crippen LogP contribution >= 0.6 is 0 Å². The fraction of sp³-hybridized carbons (Fsp3) is 0.769. The molecule has 0 aromatic heterocycles. The van der Waals surface area contributed by atoms with E-state index in [4.69, 9.17) is 4.74 Å². The van der Waals surface area contributed by atoms with Crippen molar-refractivity contribution in [1.82, 2.24) is 0 Å². The Labute approximate surface area is 114 Å². The third kappa shape index (κ3) is 26.2. The van der Waals surface area contributed by atoms with E-state index in [9.17, 15) is 14.4 Å². The van der Waals surface area contributed by atoms with Gasteiger partial charge in [0.05, 0.1) is 6.61 Å². The van der Waals surface area contributed by atoms with Crippen LogP contribution in [0.15, 0.2) is 0 Å². The molecule has 0 rings (SSSR count). The molecule has 0 N–H and O–H groups in total. The number of hydrogen-bond donors (Lipinski definition) is 0. The Morgan fingerprint density at radius 2 is 1.05 bits per heavy atom. The lowest BCUT2D eigenvalue weighted by molar-refractivity contribution is -0.149. The number of esters is 3. The van der Waals surface area contributed by atoms with Crippen LogP contribution in [-0.2, 0) is 28.6 Å². The minimum absolute atomic E-state index is 0.0890. The molecule has 0 saturated heterocycles. The van der Waals surface area contributed by atoms with Crippen molar-refractivity contribution in [3.8, 4) is 0 Å². The summed E-state index contributed by atoms with van der Waals surface area (Å²) in [7, 11) is 0. The Kier molecular flexibility index (Phi) is 10.7. The molecular formula is C13H24O6. The Bertz CT molecular complexity index is 274. The maximum absolute atomic E-state index is 10.3. The molecule has 0 aromatic rings. The number of carbonyl (C=O) groups excluding carboxylic acids is 3. The Hall–Kier alpha value is -1.59. The zero-order valence-corrected chi connectivity index (χ0v) is 12.6.